The first-order chi connectivity index (χ1) is 12.7. The standard InChI is InChI=1S/C20H17N3OS2/c1-2-11-23(13-16-9-7-15(12-21)8-10-16)19(24)14-25-20-22-17-5-3-4-6-18(17)26-20/h2-10H,1,11,13-14H2. The molecular formula is C20H17N3OS2. The van der Waals surface area contributed by atoms with E-state index in [0.29, 0.717) is 24.4 Å². The number of carbonyl (C=O) groups is 1. The highest BCUT2D eigenvalue weighted by atomic mass is 32.2. The van der Waals surface area contributed by atoms with Gasteiger partial charge in [-0.15, -0.1) is 17.9 Å². The van der Waals surface area contributed by atoms with Crippen LogP contribution in [0.25, 0.3) is 10.2 Å². The van der Waals surface area contributed by atoms with Gasteiger partial charge in [-0.3, -0.25) is 4.79 Å². The van der Waals surface area contributed by atoms with Crippen LogP contribution < -0.4 is 0 Å². The Bertz CT molecular complexity index is 924. The number of amides is 1. The van der Waals surface area contributed by atoms with Crippen LogP contribution in [-0.4, -0.2) is 28.1 Å². The lowest BCUT2D eigenvalue weighted by Gasteiger charge is -2.21. The summed E-state index contributed by atoms with van der Waals surface area (Å²) in [5, 5.41) is 8.88. The van der Waals surface area contributed by atoms with E-state index >= 15 is 0 Å². The van der Waals surface area contributed by atoms with Crippen molar-refractivity contribution in [2.45, 2.75) is 10.9 Å². The third kappa shape index (κ3) is 4.51. The van der Waals surface area contributed by atoms with Crippen LogP contribution in [0.2, 0.25) is 0 Å². The number of rotatable bonds is 7. The van der Waals surface area contributed by atoms with Gasteiger partial charge in [0.25, 0.3) is 0 Å². The molecule has 0 saturated carbocycles. The molecule has 0 radical (unpaired) electrons. The summed E-state index contributed by atoms with van der Waals surface area (Å²) >= 11 is 3.07. The van der Waals surface area contributed by atoms with E-state index < -0.39 is 0 Å². The quantitative estimate of drug-likeness (QED) is 0.449. The molecule has 0 saturated heterocycles. The summed E-state index contributed by atoms with van der Waals surface area (Å²) in [6, 6.07) is 17.4. The number of thiazole rings is 1. The minimum Gasteiger partial charge on any atom is -0.334 e. The molecule has 4 nitrogen and oxygen atoms in total. The van der Waals surface area contributed by atoms with Gasteiger partial charge in [-0.25, -0.2) is 4.98 Å². The number of nitriles is 1. The molecule has 1 aromatic heterocycles. The molecule has 0 N–H and O–H groups in total. The van der Waals surface area contributed by atoms with Crippen LogP contribution in [0.4, 0.5) is 0 Å². The molecule has 0 aliphatic heterocycles. The van der Waals surface area contributed by atoms with Crippen molar-refractivity contribution in [1.82, 2.24) is 9.88 Å². The second-order valence-corrected chi connectivity index (χ2v) is 7.86. The van der Waals surface area contributed by atoms with Crippen LogP contribution in [0.3, 0.4) is 0 Å². The number of carbonyl (C=O) groups excluding carboxylic acids is 1. The first-order valence-electron chi connectivity index (χ1n) is 8.05. The zero-order valence-corrected chi connectivity index (χ0v) is 15.7. The summed E-state index contributed by atoms with van der Waals surface area (Å²) < 4.78 is 2.03. The highest BCUT2D eigenvalue weighted by Crippen LogP contribution is 2.29. The van der Waals surface area contributed by atoms with Gasteiger partial charge >= 0.3 is 0 Å². The van der Waals surface area contributed by atoms with E-state index in [0.717, 1.165) is 20.1 Å². The SMILES string of the molecule is C=CCN(Cc1ccc(C#N)cc1)C(=O)CSc1nc2ccccc2s1. The predicted molar refractivity (Wildman–Crippen MR) is 107 cm³/mol. The third-order valence-corrected chi connectivity index (χ3v) is 5.92. The van der Waals surface area contributed by atoms with Crippen molar-refractivity contribution in [3.05, 3.63) is 72.3 Å². The molecule has 0 unspecified atom stereocenters. The molecule has 26 heavy (non-hydrogen) atoms. The van der Waals surface area contributed by atoms with Crippen molar-refractivity contribution in [1.29, 1.82) is 5.26 Å². The maximum absolute atomic E-state index is 12.6. The number of fused-ring (bicyclic) bond motifs is 1. The molecule has 3 aromatic rings. The zero-order valence-electron chi connectivity index (χ0n) is 14.1. The zero-order chi connectivity index (χ0) is 18.4. The Morgan fingerprint density at radius 2 is 2.04 bits per heavy atom. The van der Waals surface area contributed by atoms with E-state index in [1.165, 1.54) is 11.8 Å². The molecule has 6 heteroatoms. The summed E-state index contributed by atoms with van der Waals surface area (Å²) in [5.74, 6) is 0.378. The van der Waals surface area contributed by atoms with Crippen LogP contribution in [0.5, 0.6) is 0 Å². The predicted octanol–water partition coefficient (Wildman–Crippen LogP) is 4.47. The number of hydrogen-bond acceptors (Lipinski definition) is 5. The first-order valence-corrected chi connectivity index (χ1v) is 9.86. The Balaban J connectivity index is 1.63. The third-order valence-electron chi connectivity index (χ3n) is 3.75. The maximum atomic E-state index is 12.6. The normalized spacial score (nSPS) is 10.4. The van der Waals surface area contributed by atoms with E-state index in [4.69, 9.17) is 5.26 Å². The fraction of sp³-hybridized carbons (Fsp3) is 0.150. The number of hydrogen-bond donors (Lipinski definition) is 0. The lowest BCUT2D eigenvalue weighted by atomic mass is 10.1. The first kappa shape index (κ1) is 18.2. The fourth-order valence-electron chi connectivity index (χ4n) is 2.44. The van der Waals surface area contributed by atoms with Gasteiger partial charge in [0.15, 0.2) is 4.34 Å². The number of aromatic nitrogens is 1. The minimum atomic E-state index is 0.0403. The summed E-state index contributed by atoms with van der Waals surface area (Å²) in [4.78, 5) is 18.9. The van der Waals surface area contributed by atoms with Crippen molar-refractivity contribution in [2.75, 3.05) is 12.3 Å². The molecule has 1 amide bonds. The second-order valence-electron chi connectivity index (χ2n) is 5.61. The molecule has 130 valence electrons. The van der Waals surface area contributed by atoms with Crippen LogP contribution in [0, 0.1) is 11.3 Å². The van der Waals surface area contributed by atoms with Crippen molar-refractivity contribution in [2.24, 2.45) is 0 Å². The minimum absolute atomic E-state index is 0.0403. The van der Waals surface area contributed by atoms with Crippen LogP contribution in [0.15, 0.2) is 65.5 Å². The van der Waals surface area contributed by atoms with E-state index in [9.17, 15) is 4.79 Å². The number of benzene rings is 2. The molecule has 0 aliphatic carbocycles. The lowest BCUT2D eigenvalue weighted by Crippen LogP contribution is -2.32. The summed E-state index contributed by atoms with van der Waals surface area (Å²) in [6.07, 6.45) is 1.73. The molecule has 0 fully saturated rings. The molecule has 1 heterocycles. The molecule has 0 aliphatic rings. The van der Waals surface area contributed by atoms with E-state index in [1.54, 1.807) is 34.4 Å². The van der Waals surface area contributed by atoms with Gasteiger partial charge in [0.2, 0.25) is 5.91 Å². The largest absolute Gasteiger partial charge is 0.334 e. The van der Waals surface area contributed by atoms with E-state index in [2.05, 4.69) is 17.6 Å². The van der Waals surface area contributed by atoms with Gasteiger partial charge in [-0.2, -0.15) is 5.26 Å². The van der Waals surface area contributed by atoms with Crippen molar-refractivity contribution < 1.29 is 4.79 Å². The molecule has 0 spiro atoms. The Labute approximate surface area is 160 Å². The highest BCUT2D eigenvalue weighted by molar-refractivity contribution is 8.01. The van der Waals surface area contributed by atoms with E-state index in [1.807, 2.05) is 36.4 Å². The molecular weight excluding hydrogens is 362 g/mol. The van der Waals surface area contributed by atoms with Gasteiger partial charge in [-0.1, -0.05) is 42.1 Å². The van der Waals surface area contributed by atoms with Gasteiger partial charge < -0.3 is 4.90 Å². The summed E-state index contributed by atoms with van der Waals surface area (Å²) in [5.41, 5.74) is 2.57. The Morgan fingerprint density at radius 1 is 1.27 bits per heavy atom. The highest BCUT2D eigenvalue weighted by Gasteiger charge is 2.14. The van der Waals surface area contributed by atoms with Gasteiger partial charge in [0.1, 0.15) is 0 Å². The second kappa shape index (κ2) is 8.65. The summed E-state index contributed by atoms with van der Waals surface area (Å²) in [7, 11) is 0. The van der Waals surface area contributed by atoms with Crippen molar-refractivity contribution in [3.8, 4) is 6.07 Å². The van der Waals surface area contributed by atoms with Gasteiger partial charge in [-0.05, 0) is 29.8 Å². The average Bonchev–Trinajstić information content (AvgIpc) is 3.09. The van der Waals surface area contributed by atoms with Crippen molar-refractivity contribution >= 4 is 39.2 Å². The summed E-state index contributed by atoms with van der Waals surface area (Å²) in [6.45, 7) is 4.73. The molecule has 3 rings (SSSR count). The van der Waals surface area contributed by atoms with E-state index in [-0.39, 0.29) is 5.91 Å². The number of thioether (sulfide) groups is 1. The Morgan fingerprint density at radius 3 is 2.73 bits per heavy atom. The van der Waals surface area contributed by atoms with Gasteiger partial charge in [0.05, 0.1) is 27.6 Å². The van der Waals surface area contributed by atoms with Crippen LogP contribution in [0.1, 0.15) is 11.1 Å². The smallest absolute Gasteiger partial charge is 0.233 e. The average molecular weight is 380 g/mol. The maximum Gasteiger partial charge on any atom is 0.233 e. The fourth-order valence-corrected chi connectivity index (χ4v) is 4.41. The Hall–Kier alpha value is -2.62. The van der Waals surface area contributed by atoms with Crippen molar-refractivity contribution in [3.63, 3.8) is 0 Å². The monoisotopic (exact) mass is 379 g/mol. The van der Waals surface area contributed by atoms with Gasteiger partial charge in [0, 0.05) is 13.1 Å². The lowest BCUT2D eigenvalue weighted by molar-refractivity contribution is -0.128. The number of nitrogens with zero attached hydrogens (tertiary/aromatic N) is 3. The molecule has 0 atom stereocenters. The Kier molecular flexibility index (Phi) is 6.05. The van der Waals surface area contributed by atoms with Crippen LogP contribution >= 0.6 is 23.1 Å². The molecule has 2 aromatic carbocycles. The number of para-hydroxylation sites is 1. The topological polar surface area (TPSA) is 57.0 Å². The van der Waals surface area contributed by atoms with Crippen LogP contribution in [-0.2, 0) is 11.3 Å². The molecule has 0 bridgehead atoms.